The van der Waals surface area contributed by atoms with Gasteiger partial charge in [-0.15, -0.1) is 0 Å². The van der Waals surface area contributed by atoms with E-state index < -0.39 is 18.4 Å². The van der Waals surface area contributed by atoms with Crippen LogP contribution in [0.15, 0.2) is 0 Å². The van der Waals surface area contributed by atoms with E-state index in [0.29, 0.717) is 0 Å². The van der Waals surface area contributed by atoms with Crippen molar-refractivity contribution in [3.05, 3.63) is 0 Å². The molecule has 0 heterocycles. The molecule has 0 aliphatic rings. The molecule has 0 rings (SSSR count). The van der Waals surface area contributed by atoms with Crippen LogP contribution in [-0.4, -0.2) is 23.5 Å². The minimum atomic E-state index is -2.14. The molecule has 90 valence electrons. The Morgan fingerprint density at radius 1 is 1.00 bits per heavy atom. The molecule has 0 saturated carbocycles. The Balaban J connectivity index is 4.77. The van der Waals surface area contributed by atoms with Gasteiger partial charge in [-0.25, -0.2) is 0 Å². The fourth-order valence-corrected chi connectivity index (χ4v) is 2.06. The minimum Gasteiger partial charge on any atom is -0.481 e. The van der Waals surface area contributed by atoms with Gasteiger partial charge in [-0.05, 0) is 6.42 Å². The van der Waals surface area contributed by atoms with Crippen LogP contribution in [0.2, 0.25) is 0 Å². The highest BCUT2D eigenvalue weighted by Crippen LogP contribution is 2.57. The zero-order chi connectivity index (χ0) is 12.5. The van der Waals surface area contributed by atoms with Gasteiger partial charge in [0.1, 0.15) is 0 Å². The molecule has 0 aliphatic carbocycles. The van der Waals surface area contributed by atoms with Crippen LogP contribution >= 0.6 is 81.2 Å². The first-order chi connectivity index (χ1) is 6.42. The van der Waals surface area contributed by atoms with E-state index in [0.717, 1.165) is 0 Å². The molecule has 0 radical (unpaired) electrons. The van der Waals surface area contributed by atoms with Gasteiger partial charge in [-0.1, -0.05) is 81.2 Å². The smallest absolute Gasteiger partial charge is 0.303 e. The monoisotopic (exact) mass is 354 g/mol. The van der Waals surface area contributed by atoms with Gasteiger partial charge >= 0.3 is 5.97 Å². The van der Waals surface area contributed by atoms with Crippen LogP contribution in [0.3, 0.4) is 0 Å². The Morgan fingerprint density at radius 3 is 1.67 bits per heavy atom. The molecule has 2 nitrogen and oxygen atoms in total. The molecule has 0 aromatic heterocycles. The second-order valence-corrected chi connectivity index (χ2v) is 7.76. The maximum atomic E-state index is 10.3. The summed E-state index contributed by atoms with van der Waals surface area (Å²) in [5, 5.41) is 8.44. The van der Waals surface area contributed by atoms with E-state index >= 15 is 0 Å². The molecule has 15 heavy (non-hydrogen) atoms. The number of halogens is 7. The summed E-state index contributed by atoms with van der Waals surface area (Å²) < 4.78 is -6.15. The summed E-state index contributed by atoms with van der Waals surface area (Å²) in [5.74, 6) is -1.12. The zero-order valence-corrected chi connectivity index (χ0v) is 12.2. The standard InChI is InChI=1S/C6H5Cl7O2/c7-4(8,2-1-3(14)15)5(9,10)6(11,12)13/h1-2H2,(H,14,15). The number of aliphatic carboxylic acids is 1. The van der Waals surface area contributed by atoms with Crippen LogP contribution in [0.1, 0.15) is 12.8 Å². The van der Waals surface area contributed by atoms with Gasteiger partial charge in [0.05, 0.1) is 0 Å². The molecule has 0 amide bonds. The van der Waals surface area contributed by atoms with Crippen molar-refractivity contribution in [3.8, 4) is 0 Å². The summed E-state index contributed by atoms with van der Waals surface area (Å²) in [4.78, 5) is 10.3. The molecule has 0 aliphatic heterocycles. The zero-order valence-electron chi connectivity index (χ0n) is 6.92. The lowest BCUT2D eigenvalue weighted by Crippen LogP contribution is -2.47. The average Bonchev–Trinajstić information content (AvgIpc) is 1.98. The van der Waals surface area contributed by atoms with Crippen LogP contribution in [0.5, 0.6) is 0 Å². The average molecular weight is 357 g/mol. The molecule has 0 aromatic rings. The van der Waals surface area contributed by atoms with Gasteiger partial charge in [0.2, 0.25) is 3.79 Å². The van der Waals surface area contributed by atoms with Gasteiger partial charge < -0.3 is 5.11 Å². The van der Waals surface area contributed by atoms with Gasteiger partial charge in [-0.3, -0.25) is 4.79 Å². The Bertz CT molecular complexity index is 244. The topological polar surface area (TPSA) is 37.3 Å². The highest BCUT2D eigenvalue weighted by Gasteiger charge is 2.59. The van der Waals surface area contributed by atoms with Crippen LogP contribution in [0.25, 0.3) is 0 Å². The highest BCUT2D eigenvalue weighted by atomic mass is 35.6. The Hall–Kier alpha value is 1.50. The molecule has 0 bridgehead atoms. The quantitative estimate of drug-likeness (QED) is 0.749. The summed E-state index contributed by atoms with van der Waals surface area (Å²) in [6.07, 6.45) is -0.610. The van der Waals surface area contributed by atoms with E-state index in [9.17, 15) is 4.79 Å². The fourth-order valence-electron chi connectivity index (χ4n) is 0.628. The van der Waals surface area contributed by atoms with E-state index in [1.54, 1.807) is 0 Å². The number of carboxylic acid groups (broad SMARTS) is 1. The number of carboxylic acids is 1. The first-order valence-corrected chi connectivity index (χ1v) is 6.10. The second-order valence-electron chi connectivity index (χ2n) is 2.67. The predicted molar refractivity (Wildman–Crippen MR) is 66.0 cm³/mol. The predicted octanol–water partition coefficient (Wildman–Crippen LogP) is 4.57. The van der Waals surface area contributed by atoms with E-state index in [2.05, 4.69) is 0 Å². The van der Waals surface area contributed by atoms with Crippen molar-refractivity contribution in [2.24, 2.45) is 0 Å². The number of carbonyl (C=O) groups is 1. The highest BCUT2D eigenvalue weighted by molar-refractivity contribution is 6.78. The molecule has 0 aromatic carbocycles. The molecule has 0 atom stereocenters. The van der Waals surface area contributed by atoms with E-state index in [4.69, 9.17) is 86.3 Å². The molecule has 1 N–H and O–H groups in total. The molecule has 0 spiro atoms. The minimum absolute atomic E-state index is 0.258. The van der Waals surface area contributed by atoms with Crippen molar-refractivity contribution >= 4 is 87.2 Å². The van der Waals surface area contributed by atoms with E-state index in [-0.39, 0.29) is 12.8 Å². The van der Waals surface area contributed by atoms with E-state index in [1.807, 2.05) is 0 Å². The maximum absolute atomic E-state index is 10.3. The fraction of sp³-hybridized carbons (Fsp3) is 0.833. The number of rotatable bonds is 4. The van der Waals surface area contributed by atoms with Crippen molar-refractivity contribution in [1.82, 2.24) is 0 Å². The van der Waals surface area contributed by atoms with Gasteiger partial charge in [0.15, 0.2) is 8.67 Å². The lowest BCUT2D eigenvalue weighted by molar-refractivity contribution is -0.137. The lowest BCUT2D eigenvalue weighted by atomic mass is 10.2. The molecule has 9 heteroatoms. The lowest BCUT2D eigenvalue weighted by Gasteiger charge is -2.37. The molecule has 0 unspecified atom stereocenters. The Kier molecular flexibility index (Phi) is 5.97. The third-order valence-corrected chi connectivity index (χ3v) is 5.44. The SMILES string of the molecule is O=C(O)CCC(Cl)(Cl)C(Cl)(Cl)C(Cl)(Cl)Cl. The van der Waals surface area contributed by atoms with Gasteiger partial charge in [0.25, 0.3) is 0 Å². The summed E-state index contributed by atoms with van der Waals surface area (Å²) >= 11 is 39.3. The van der Waals surface area contributed by atoms with Crippen molar-refractivity contribution < 1.29 is 9.90 Å². The first kappa shape index (κ1) is 16.5. The molecular weight excluding hydrogens is 352 g/mol. The molecule has 0 fully saturated rings. The van der Waals surface area contributed by atoms with Crippen LogP contribution in [0.4, 0.5) is 0 Å². The Labute approximate surface area is 122 Å². The van der Waals surface area contributed by atoms with E-state index in [1.165, 1.54) is 0 Å². The maximum Gasteiger partial charge on any atom is 0.303 e. The largest absolute Gasteiger partial charge is 0.481 e. The third-order valence-electron chi connectivity index (χ3n) is 1.47. The van der Waals surface area contributed by atoms with Crippen molar-refractivity contribution in [3.63, 3.8) is 0 Å². The van der Waals surface area contributed by atoms with Crippen LogP contribution in [-0.2, 0) is 4.79 Å². The normalized spacial score (nSPS) is 14.1. The van der Waals surface area contributed by atoms with Crippen LogP contribution in [0, 0.1) is 0 Å². The summed E-state index contributed by atoms with van der Waals surface area (Å²) in [6.45, 7) is 0. The number of alkyl halides is 7. The summed E-state index contributed by atoms with van der Waals surface area (Å²) in [7, 11) is 0. The Morgan fingerprint density at radius 2 is 1.40 bits per heavy atom. The number of hydrogen-bond donors (Lipinski definition) is 1. The third kappa shape index (κ3) is 4.34. The van der Waals surface area contributed by atoms with Crippen molar-refractivity contribution in [2.45, 2.75) is 25.3 Å². The second kappa shape index (κ2) is 5.43. The van der Waals surface area contributed by atoms with Crippen LogP contribution < -0.4 is 0 Å². The molecule has 0 saturated heterocycles. The summed E-state index contributed by atoms with van der Waals surface area (Å²) in [6, 6.07) is 0. The number of hydrogen-bond acceptors (Lipinski definition) is 1. The summed E-state index contributed by atoms with van der Waals surface area (Å²) in [5.41, 5.74) is 0. The van der Waals surface area contributed by atoms with Crippen molar-refractivity contribution in [2.75, 3.05) is 0 Å². The van der Waals surface area contributed by atoms with Gasteiger partial charge in [-0.2, -0.15) is 0 Å². The first-order valence-electron chi connectivity index (χ1n) is 3.46. The van der Waals surface area contributed by atoms with Gasteiger partial charge in [0, 0.05) is 6.42 Å². The van der Waals surface area contributed by atoms with Crippen molar-refractivity contribution in [1.29, 1.82) is 0 Å². The molecular formula is C6H5Cl7O2.